The van der Waals surface area contributed by atoms with Crippen LogP contribution in [0.5, 0.6) is 11.5 Å². The second kappa shape index (κ2) is 6.87. The number of amides is 1. The molecule has 9 nitrogen and oxygen atoms in total. The number of likely N-dealkylation sites (tertiary alicyclic amines) is 1. The largest absolute Gasteiger partial charge is 0.493 e. The first kappa shape index (κ1) is 17.1. The zero-order chi connectivity index (χ0) is 17.9. The predicted octanol–water partition coefficient (Wildman–Crippen LogP) is 1.04. The molecule has 2 N–H and O–H groups in total. The summed E-state index contributed by atoms with van der Waals surface area (Å²) in [4.78, 5) is 24.3. The Hall–Kier alpha value is -3.28. The van der Waals surface area contributed by atoms with Gasteiger partial charge in [0.25, 0.3) is 5.91 Å². The fraction of sp³-hybridized carbons (Fsp3) is 0.333. The summed E-state index contributed by atoms with van der Waals surface area (Å²) in [5.41, 5.74) is 5.32. The van der Waals surface area contributed by atoms with Gasteiger partial charge in [-0.1, -0.05) is 0 Å². The van der Waals surface area contributed by atoms with Crippen molar-refractivity contribution >= 4 is 17.3 Å². The first-order chi connectivity index (χ1) is 11.4. The molecule has 24 heavy (non-hydrogen) atoms. The Bertz CT molecular complexity index is 762. The van der Waals surface area contributed by atoms with Gasteiger partial charge in [-0.25, -0.2) is 0 Å². The number of benzene rings is 1. The van der Waals surface area contributed by atoms with E-state index in [0.29, 0.717) is 13.1 Å². The minimum Gasteiger partial charge on any atom is -0.493 e. The SMILES string of the molecule is COc1cc(/C(N)=C(\C#N)C(=O)N2CCC2)cc([N+](=O)[O-])c1OC. The third kappa shape index (κ3) is 2.94. The lowest BCUT2D eigenvalue weighted by Crippen LogP contribution is -2.43. The molecule has 0 atom stereocenters. The number of nitro groups is 1. The van der Waals surface area contributed by atoms with Crippen LogP contribution in [0.15, 0.2) is 17.7 Å². The first-order valence-electron chi connectivity index (χ1n) is 7.04. The van der Waals surface area contributed by atoms with Gasteiger partial charge in [-0.15, -0.1) is 0 Å². The number of nitrogens with zero attached hydrogens (tertiary/aromatic N) is 3. The lowest BCUT2D eigenvalue weighted by atomic mass is 10.0. The average Bonchev–Trinajstić information content (AvgIpc) is 2.52. The predicted molar refractivity (Wildman–Crippen MR) is 84.1 cm³/mol. The molecule has 1 heterocycles. The van der Waals surface area contributed by atoms with Crippen molar-refractivity contribution < 1.29 is 19.2 Å². The van der Waals surface area contributed by atoms with Crippen LogP contribution >= 0.6 is 0 Å². The zero-order valence-electron chi connectivity index (χ0n) is 13.2. The molecule has 2 rings (SSSR count). The maximum absolute atomic E-state index is 12.2. The van der Waals surface area contributed by atoms with Crippen molar-refractivity contribution in [3.63, 3.8) is 0 Å². The lowest BCUT2D eigenvalue weighted by molar-refractivity contribution is -0.385. The standard InChI is InChI=1S/C15H16N4O5/c1-23-12-7-9(6-11(19(21)22)14(12)24-2)13(17)10(8-16)15(20)18-4-3-5-18/h6-7H,3-5,17H2,1-2H3/b13-10-. The molecule has 0 aliphatic carbocycles. The van der Waals surface area contributed by atoms with Gasteiger partial charge >= 0.3 is 5.69 Å². The Balaban J connectivity index is 2.59. The molecule has 1 amide bonds. The number of nitro benzene ring substituents is 1. The van der Waals surface area contributed by atoms with Crippen molar-refractivity contribution in [1.29, 1.82) is 5.26 Å². The molecule has 1 aliphatic rings. The molecule has 0 unspecified atom stereocenters. The molecule has 0 spiro atoms. The first-order valence-corrected chi connectivity index (χ1v) is 7.04. The number of rotatable bonds is 5. The minimum atomic E-state index is -0.651. The molecule has 0 bridgehead atoms. The van der Waals surface area contributed by atoms with Gasteiger partial charge in [0.05, 0.1) is 24.8 Å². The number of ether oxygens (including phenoxy) is 2. The van der Waals surface area contributed by atoms with Gasteiger partial charge < -0.3 is 20.1 Å². The molecule has 1 aromatic rings. The van der Waals surface area contributed by atoms with Crippen LogP contribution in [0.25, 0.3) is 5.70 Å². The molecular weight excluding hydrogens is 316 g/mol. The van der Waals surface area contributed by atoms with Gasteiger partial charge in [-0.05, 0) is 12.5 Å². The smallest absolute Gasteiger partial charge is 0.315 e. The highest BCUT2D eigenvalue weighted by Gasteiger charge is 2.28. The third-order valence-corrected chi connectivity index (χ3v) is 3.71. The Morgan fingerprint density at radius 3 is 2.46 bits per heavy atom. The number of hydrogen-bond acceptors (Lipinski definition) is 7. The molecule has 0 aromatic heterocycles. The van der Waals surface area contributed by atoms with Crippen molar-refractivity contribution in [2.75, 3.05) is 27.3 Å². The molecular formula is C15H16N4O5. The second-order valence-corrected chi connectivity index (χ2v) is 5.03. The molecule has 126 valence electrons. The van der Waals surface area contributed by atoms with Gasteiger partial charge in [0, 0.05) is 24.7 Å². The second-order valence-electron chi connectivity index (χ2n) is 5.03. The van der Waals surface area contributed by atoms with Crippen LogP contribution in [0.3, 0.4) is 0 Å². The molecule has 9 heteroatoms. The molecule has 0 radical (unpaired) electrons. The normalized spacial score (nSPS) is 14.1. The zero-order valence-corrected chi connectivity index (χ0v) is 13.2. The van der Waals surface area contributed by atoms with E-state index in [-0.39, 0.29) is 34.0 Å². The maximum atomic E-state index is 12.2. The summed E-state index contributed by atoms with van der Waals surface area (Å²) in [5, 5.41) is 20.5. The summed E-state index contributed by atoms with van der Waals surface area (Å²) >= 11 is 0. The quantitative estimate of drug-likeness (QED) is 0.368. The van der Waals surface area contributed by atoms with E-state index in [9.17, 15) is 20.2 Å². The van der Waals surface area contributed by atoms with E-state index in [4.69, 9.17) is 15.2 Å². The van der Waals surface area contributed by atoms with Gasteiger partial charge in [0.2, 0.25) is 5.75 Å². The van der Waals surface area contributed by atoms with E-state index in [2.05, 4.69) is 0 Å². The Morgan fingerprint density at radius 2 is 2.04 bits per heavy atom. The highest BCUT2D eigenvalue weighted by Crippen LogP contribution is 2.39. The van der Waals surface area contributed by atoms with E-state index >= 15 is 0 Å². The van der Waals surface area contributed by atoms with E-state index in [1.165, 1.54) is 25.2 Å². The summed E-state index contributed by atoms with van der Waals surface area (Å²) < 4.78 is 10.1. The van der Waals surface area contributed by atoms with E-state index < -0.39 is 10.8 Å². The maximum Gasteiger partial charge on any atom is 0.315 e. The number of carbonyl (C=O) groups is 1. The Labute approximate surface area is 138 Å². The third-order valence-electron chi connectivity index (χ3n) is 3.71. The summed E-state index contributed by atoms with van der Waals surface area (Å²) in [5.74, 6) is -0.469. The van der Waals surface area contributed by atoms with E-state index in [1.54, 1.807) is 6.07 Å². The lowest BCUT2D eigenvalue weighted by Gasteiger charge is -2.30. The molecule has 1 saturated heterocycles. The van der Waals surface area contributed by atoms with Crippen molar-refractivity contribution in [2.24, 2.45) is 5.73 Å². The summed E-state index contributed by atoms with van der Waals surface area (Å²) in [6, 6.07) is 4.33. The average molecular weight is 332 g/mol. The molecule has 0 saturated carbocycles. The minimum absolute atomic E-state index is 0.0633. The van der Waals surface area contributed by atoms with Gasteiger partial charge in [0.15, 0.2) is 5.75 Å². The topological polar surface area (TPSA) is 132 Å². The number of nitriles is 1. The molecule has 1 aliphatic heterocycles. The van der Waals surface area contributed by atoms with Gasteiger partial charge in [0.1, 0.15) is 11.6 Å². The van der Waals surface area contributed by atoms with E-state index in [0.717, 1.165) is 12.5 Å². The fourth-order valence-corrected chi connectivity index (χ4v) is 2.28. The van der Waals surface area contributed by atoms with Crippen molar-refractivity contribution in [3.8, 4) is 17.6 Å². The van der Waals surface area contributed by atoms with E-state index in [1.807, 2.05) is 0 Å². The van der Waals surface area contributed by atoms with Gasteiger partial charge in [-0.2, -0.15) is 5.26 Å². The number of hydrogen-bond donors (Lipinski definition) is 1. The highest BCUT2D eigenvalue weighted by atomic mass is 16.6. The summed E-state index contributed by atoms with van der Waals surface area (Å²) in [6.07, 6.45) is 0.867. The van der Waals surface area contributed by atoms with Gasteiger partial charge in [-0.3, -0.25) is 14.9 Å². The van der Waals surface area contributed by atoms with Crippen molar-refractivity contribution in [1.82, 2.24) is 4.90 Å². The van der Waals surface area contributed by atoms with Crippen molar-refractivity contribution in [3.05, 3.63) is 33.4 Å². The van der Waals surface area contributed by atoms with Crippen LogP contribution in [0.1, 0.15) is 12.0 Å². The van der Waals surface area contributed by atoms with Crippen LogP contribution in [0, 0.1) is 21.4 Å². The van der Waals surface area contributed by atoms with Crippen LogP contribution in [0.2, 0.25) is 0 Å². The van der Waals surface area contributed by atoms with Crippen LogP contribution in [0.4, 0.5) is 5.69 Å². The Morgan fingerprint density at radius 1 is 1.38 bits per heavy atom. The number of methoxy groups -OCH3 is 2. The van der Waals surface area contributed by atoms with Crippen LogP contribution in [-0.2, 0) is 4.79 Å². The molecule has 1 fully saturated rings. The summed E-state index contributed by atoms with van der Waals surface area (Å²) in [6.45, 7) is 1.12. The fourth-order valence-electron chi connectivity index (χ4n) is 2.28. The monoisotopic (exact) mass is 332 g/mol. The Kier molecular flexibility index (Phi) is 4.89. The summed E-state index contributed by atoms with van der Waals surface area (Å²) in [7, 11) is 2.60. The van der Waals surface area contributed by atoms with Crippen molar-refractivity contribution in [2.45, 2.75) is 6.42 Å². The number of nitrogens with two attached hydrogens (primary N) is 1. The number of carbonyl (C=O) groups excluding carboxylic acids is 1. The molecule has 1 aromatic carbocycles. The van der Waals surface area contributed by atoms with Crippen LogP contribution in [-0.4, -0.2) is 43.0 Å². The highest BCUT2D eigenvalue weighted by molar-refractivity contribution is 6.04. The van der Waals surface area contributed by atoms with Crippen LogP contribution < -0.4 is 15.2 Å².